The van der Waals surface area contributed by atoms with E-state index in [0.29, 0.717) is 11.6 Å². The van der Waals surface area contributed by atoms with Gasteiger partial charge in [-0.2, -0.15) is 0 Å². The van der Waals surface area contributed by atoms with Crippen LogP contribution in [-0.2, 0) is 16.0 Å². The van der Waals surface area contributed by atoms with Gasteiger partial charge in [-0.15, -0.1) is 0 Å². The minimum Gasteiger partial charge on any atom is -0.309 e. The maximum Gasteiger partial charge on any atom is 0.234 e. The van der Waals surface area contributed by atoms with E-state index in [9.17, 15) is 14.0 Å². The Balaban J connectivity index is 1.47. The summed E-state index contributed by atoms with van der Waals surface area (Å²) in [6.45, 7) is 2.01. The maximum absolute atomic E-state index is 13.7. The van der Waals surface area contributed by atoms with E-state index in [2.05, 4.69) is 4.90 Å². The molecule has 2 fully saturated rings. The van der Waals surface area contributed by atoms with E-state index in [1.54, 1.807) is 6.07 Å². The van der Waals surface area contributed by atoms with E-state index in [0.717, 1.165) is 31.6 Å². The van der Waals surface area contributed by atoms with Gasteiger partial charge >= 0.3 is 0 Å². The first-order valence-electron chi connectivity index (χ1n) is 11.0. The molecular weight excluding hydrogens is 355 g/mol. The molecule has 3 aliphatic rings. The summed E-state index contributed by atoms with van der Waals surface area (Å²) >= 11 is 0. The summed E-state index contributed by atoms with van der Waals surface area (Å²) in [5, 5.41) is 0. The Bertz CT molecular complexity index is 719. The number of ketones is 1. The zero-order valence-electron chi connectivity index (χ0n) is 16.7. The second kappa shape index (κ2) is 8.73. The molecule has 1 saturated carbocycles. The van der Waals surface area contributed by atoms with Gasteiger partial charge < -0.3 is 9.80 Å². The number of fused-ring (bicyclic) bond motifs is 1. The summed E-state index contributed by atoms with van der Waals surface area (Å²) in [7, 11) is 0. The molecule has 0 spiro atoms. The number of rotatable bonds is 2. The molecule has 0 bridgehead atoms. The summed E-state index contributed by atoms with van der Waals surface area (Å²) in [5.74, 6) is -0.592. The van der Waals surface area contributed by atoms with Crippen LogP contribution in [0.15, 0.2) is 18.2 Å². The quantitative estimate of drug-likeness (QED) is 0.714. The van der Waals surface area contributed by atoms with E-state index in [1.165, 1.54) is 57.1 Å². The highest BCUT2D eigenvalue weighted by molar-refractivity contribution is 6.09. The van der Waals surface area contributed by atoms with Crippen LogP contribution in [0, 0.1) is 5.82 Å². The lowest BCUT2D eigenvalue weighted by Crippen LogP contribution is -2.50. The molecule has 0 aromatic heterocycles. The van der Waals surface area contributed by atoms with Gasteiger partial charge in [-0.05, 0) is 49.4 Å². The number of carbonyl (C=O) groups is 2. The smallest absolute Gasteiger partial charge is 0.234 e. The number of piperidine rings is 1. The largest absolute Gasteiger partial charge is 0.309 e. The molecule has 1 aromatic rings. The zero-order chi connectivity index (χ0) is 19.5. The van der Waals surface area contributed by atoms with Crippen LogP contribution in [0.2, 0.25) is 0 Å². The molecule has 5 heteroatoms. The standard InChI is InChI=1S/C23H31FN2O2/c24-18-8-9-22-17(14-18)15-21(27)16-23(28)26(22)20-10-12-25(13-11-20)19-6-4-2-1-3-5-7-19/h8-9,14,19-20H,1-7,10-13,15-16H2. The molecule has 0 unspecified atom stereocenters. The molecular formula is C23H31FN2O2. The van der Waals surface area contributed by atoms with Gasteiger partial charge in [0.1, 0.15) is 11.6 Å². The number of benzene rings is 1. The van der Waals surface area contributed by atoms with Crippen molar-refractivity contribution in [2.75, 3.05) is 18.0 Å². The Morgan fingerprint density at radius 2 is 1.50 bits per heavy atom. The Hall–Kier alpha value is -1.75. The third kappa shape index (κ3) is 4.29. The Kier molecular flexibility index (Phi) is 6.10. The molecule has 0 N–H and O–H groups in total. The fourth-order valence-corrected chi connectivity index (χ4v) is 5.30. The van der Waals surface area contributed by atoms with E-state index in [4.69, 9.17) is 0 Å². The first-order valence-corrected chi connectivity index (χ1v) is 11.0. The maximum atomic E-state index is 13.7. The van der Waals surface area contributed by atoms with Crippen molar-refractivity contribution >= 4 is 17.4 Å². The summed E-state index contributed by atoms with van der Waals surface area (Å²) in [6.07, 6.45) is 11.3. The number of hydrogen-bond acceptors (Lipinski definition) is 3. The lowest BCUT2D eigenvalue weighted by Gasteiger charge is -2.42. The van der Waals surface area contributed by atoms with E-state index in [-0.39, 0.29) is 36.4 Å². The average Bonchev–Trinajstić information content (AvgIpc) is 2.76. The van der Waals surface area contributed by atoms with Gasteiger partial charge in [0.25, 0.3) is 0 Å². The molecule has 2 heterocycles. The first kappa shape index (κ1) is 19.6. The summed E-state index contributed by atoms with van der Waals surface area (Å²) < 4.78 is 13.7. The first-order chi connectivity index (χ1) is 13.6. The number of carbonyl (C=O) groups excluding carboxylic acids is 2. The van der Waals surface area contributed by atoms with Crippen molar-refractivity contribution in [2.45, 2.75) is 82.7 Å². The molecule has 4 nitrogen and oxygen atoms in total. The van der Waals surface area contributed by atoms with Crippen LogP contribution in [0.5, 0.6) is 0 Å². The van der Waals surface area contributed by atoms with Crippen LogP contribution < -0.4 is 4.90 Å². The topological polar surface area (TPSA) is 40.6 Å². The number of anilines is 1. The second-order valence-electron chi connectivity index (χ2n) is 8.70. The molecule has 1 saturated heterocycles. The van der Waals surface area contributed by atoms with Gasteiger partial charge in [0, 0.05) is 37.3 Å². The molecule has 0 atom stereocenters. The Morgan fingerprint density at radius 1 is 0.821 bits per heavy atom. The lowest BCUT2D eigenvalue weighted by atomic mass is 9.93. The molecule has 1 aromatic carbocycles. The van der Waals surface area contributed by atoms with Gasteiger partial charge in [-0.25, -0.2) is 4.39 Å². The summed E-state index contributed by atoms with van der Waals surface area (Å²) in [5.41, 5.74) is 1.39. The van der Waals surface area contributed by atoms with Crippen molar-refractivity contribution in [2.24, 2.45) is 0 Å². The molecule has 0 radical (unpaired) electrons. The van der Waals surface area contributed by atoms with Crippen LogP contribution in [0.3, 0.4) is 0 Å². The number of amides is 1. The van der Waals surface area contributed by atoms with Crippen molar-refractivity contribution in [3.63, 3.8) is 0 Å². The van der Waals surface area contributed by atoms with Crippen LogP contribution in [0.1, 0.15) is 69.8 Å². The van der Waals surface area contributed by atoms with Crippen molar-refractivity contribution in [1.82, 2.24) is 4.90 Å². The van der Waals surface area contributed by atoms with Crippen LogP contribution >= 0.6 is 0 Å². The van der Waals surface area contributed by atoms with Crippen molar-refractivity contribution in [3.05, 3.63) is 29.6 Å². The molecule has 4 rings (SSSR count). The third-order valence-corrected chi connectivity index (χ3v) is 6.76. The fraction of sp³-hybridized carbons (Fsp3) is 0.652. The Labute approximate surface area is 167 Å². The zero-order valence-corrected chi connectivity index (χ0v) is 16.7. The highest BCUT2D eigenvalue weighted by atomic mass is 19.1. The molecule has 28 heavy (non-hydrogen) atoms. The van der Waals surface area contributed by atoms with Crippen molar-refractivity contribution < 1.29 is 14.0 Å². The van der Waals surface area contributed by atoms with E-state index >= 15 is 0 Å². The van der Waals surface area contributed by atoms with E-state index < -0.39 is 0 Å². The average molecular weight is 387 g/mol. The SMILES string of the molecule is O=C1CC(=O)N(C2CCN(C3CCCCCCC3)CC2)c2ccc(F)cc2C1. The van der Waals surface area contributed by atoms with Gasteiger partial charge in [0.15, 0.2) is 0 Å². The molecule has 152 valence electrons. The highest BCUT2D eigenvalue weighted by Crippen LogP contribution is 2.33. The minimum atomic E-state index is -0.347. The van der Waals surface area contributed by atoms with E-state index in [1.807, 2.05) is 4.90 Å². The monoisotopic (exact) mass is 386 g/mol. The lowest BCUT2D eigenvalue weighted by molar-refractivity contribution is -0.126. The van der Waals surface area contributed by atoms with Crippen LogP contribution in [0.4, 0.5) is 10.1 Å². The third-order valence-electron chi connectivity index (χ3n) is 6.76. The number of nitrogens with zero attached hydrogens (tertiary/aromatic N) is 2. The number of hydrogen-bond donors (Lipinski definition) is 0. The van der Waals surface area contributed by atoms with Gasteiger partial charge in [-0.3, -0.25) is 9.59 Å². The number of Topliss-reactive ketones (excluding diaryl/α,β-unsaturated/α-hetero) is 1. The summed E-state index contributed by atoms with van der Waals surface area (Å²) in [6, 6.07) is 5.29. The van der Waals surface area contributed by atoms with Gasteiger partial charge in [0.05, 0.1) is 6.42 Å². The molecule has 1 aliphatic carbocycles. The van der Waals surface area contributed by atoms with Gasteiger partial charge in [0.2, 0.25) is 5.91 Å². The molecule has 1 amide bonds. The fourth-order valence-electron chi connectivity index (χ4n) is 5.30. The number of likely N-dealkylation sites (tertiary alicyclic amines) is 1. The van der Waals surface area contributed by atoms with Crippen molar-refractivity contribution in [3.8, 4) is 0 Å². The highest BCUT2D eigenvalue weighted by Gasteiger charge is 2.35. The second-order valence-corrected chi connectivity index (χ2v) is 8.70. The predicted molar refractivity (Wildman–Crippen MR) is 108 cm³/mol. The van der Waals surface area contributed by atoms with Crippen molar-refractivity contribution in [1.29, 1.82) is 0 Å². The molecule has 2 aliphatic heterocycles. The normalized spacial score (nSPS) is 23.8. The van der Waals surface area contributed by atoms with Gasteiger partial charge in [-0.1, -0.05) is 32.1 Å². The number of halogens is 1. The predicted octanol–water partition coefficient (Wildman–Crippen LogP) is 4.25. The van der Waals surface area contributed by atoms with Crippen LogP contribution in [-0.4, -0.2) is 41.8 Å². The Morgan fingerprint density at radius 3 is 2.21 bits per heavy atom. The van der Waals surface area contributed by atoms with Crippen LogP contribution in [0.25, 0.3) is 0 Å². The summed E-state index contributed by atoms with van der Waals surface area (Å²) in [4.78, 5) is 29.4. The minimum absolute atomic E-state index is 0.0703.